The van der Waals surface area contributed by atoms with E-state index in [4.69, 9.17) is 16.0 Å². The van der Waals surface area contributed by atoms with Crippen molar-refractivity contribution in [3.63, 3.8) is 0 Å². The van der Waals surface area contributed by atoms with Crippen LogP contribution in [0.1, 0.15) is 21.9 Å². The highest BCUT2D eigenvalue weighted by atomic mass is 32.2. The third kappa shape index (κ3) is 3.12. The molecule has 7 heteroatoms. The lowest BCUT2D eigenvalue weighted by molar-refractivity contribution is 0.0952. The van der Waals surface area contributed by atoms with E-state index in [0.717, 1.165) is 4.90 Å². The van der Waals surface area contributed by atoms with Gasteiger partial charge >= 0.3 is 0 Å². The van der Waals surface area contributed by atoms with E-state index in [1.807, 2.05) is 0 Å². The maximum absolute atomic E-state index is 13.3. The predicted molar refractivity (Wildman–Crippen MR) is 75.5 cm³/mol. The number of halogens is 1. The lowest BCUT2D eigenvalue weighted by Crippen LogP contribution is -2.30. The number of benzene rings is 1. The molecule has 2 rings (SSSR count). The Hall–Kier alpha value is -1.99. The first-order chi connectivity index (χ1) is 9.51. The number of carbonyl (C=O) groups is 1. The number of nitrogens with two attached hydrogens (primary N) is 2. The number of rotatable bonds is 4. The van der Waals surface area contributed by atoms with E-state index >= 15 is 0 Å². The maximum atomic E-state index is 13.3. The van der Waals surface area contributed by atoms with E-state index in [0.29, 0.717) is 22.8 Å². The van der Waals surface area contributed by atoms with Crippen LogP contribution in [0, 0.1) is 12.7 Å². The number of amides is 1. The van der Waals surface area contributed by atoms with Crippen molar-refractivity contribution in [1.29, 1.82) is 0 Å². The van der Waals surface area contributed by atoms with E-state index < -0.39 is 11.7 Å². The Labute approximate surface area is 119 Å². The molecule has 1 aromatic heterocycles. The number of aryl methyl sites for hydroxylation is 1. The summed E-state index contributed by atoms with van der Waals surface area (Å²) in [5.74, 6) is 5.81. The zero-order chi connectivity index (χ0) is 14.7. The Balaban J connectivity index is 2.07. The fraction of sp³-hybridized carbons (Fsp3) is 0.154. The second-order valence-corrected chi connectivity index (χ2v) is 5.18. The molecule has 1 amide bonds. The molecule has 5 N–H and O–H groups in total. The SMILES string of the molecule is Cc1oc(CSc2ccc(N)c(F)c2)cc1C(=O)NN. The van der Waals surface area contributed by atoms with E-state index in [9.17, 15) is 9.18 Å². The number of hydrogen-bond donors (Lipinski definition) is 3. The van der Waals surface area contributed by atoms with E-state index in [-0.39, 0.29) is 5.69 Å². The third-order valence-corrected chi connectivity index (χ3v) is 3.71. The van der Waals surface area contributed by atoms with Gasteiger partial charge in [0.25, 0.3) is 5.91 Å². The largest absolute Gasteiger partial charge is 0.465 e. The number of hydrazine groups is 1. The highest BCUT2D eigenvalue weighted by Gasteiger charge is 2.14. The fourth-order valence-electron chi connectivity index (χ4n) is 1.67. The summed E-state index contributed by atoms with van der Waals surface area (Å²) < 4.78 is 18.8. The number of hydrogen-bond acceptors (Lipinski definition) is 5. The molecule has 0 bridgehead atoms. The molecule has 0 unspecified atom stereocenters. The van der Waals surface area contributed by atoms with Crippen LogP contribution in [0.25, 0.3) is 0 Å². The highest BCUT2D eigenvalue weighted by molar-refractivity contribution is 7.98. The molecule has 1 heterocycles. The summed E-state index contributed by atoms with van der Waals surface area (Å²) >= 11 is 1.39. The molecule has 0 spiro atoms. The quantitative estimate of drug-likeness (QED) is 0.264. The van der Waals surface area contributed by atoms with Crippen LogP contribution < -0.4 is 17.0 Å². The topological polar surface area (TPSA) is 94.3 Å². The van der Waals surface area contributed by atoms with E-state index in [1.165, 1.54) is 23.9 Å². The second kappa shape index (κ2) is 5.98. The Kier molecular flexibility index (Phi) is 4.31. The Morgan fingerprint density at radius 2 is 2.20 bits per heavy atom. The van der Waals surface area contributed by atoms with Crippen LogP contribution in [0.5, 0.6) is 0 Å². The summed E-state index contributed by atoms with van der Waals surface area (Å²) in [6.45, 7) is 1.68. The van der Waals surface area contributed by atoms with Crippen LogP contribution in [0.3, 0.4) is 0 Å². The highest BCUT2D eigenvalue weighted by Crippen LogP contribution is 2.27. The smallest absolute Gasteiger partial charge is 0.268 e. The van der Waals surface area contributed by atoms with Gasteiger partial charge < -0.3 is 10.2 Å². The summed E-state index contributed by atoms with van der Waals surface area (Å²) in [5.41, 5.74) is 7.97. The van der Waals surface area contributed by atoms with Crippen molar-refractivity contribution in [3.05, 3.63) is 47.2 Å². The van der Waals surface area contributed by atoms with Crippen molar-refractivity contribution in [1.82, 2.24) is 5.43 Å². The molecule has 0 radical (unpaired) electrons. The number of thioether (sulfide) groups is 1. The first kappa shape index (κ1) is 14.4. The molecule has 2 aromatic rings. The van der Waals surface area contributed by atoms with Gasteiger partial charge in [-0.3, -0.25) is 10.2 Å². The van der Waals surface area contributed by atoms with Gasteiger partial charge in [0.2, 0.25) is 0 Å². The molecule has 0 saturated heterocycles. The van der Waals surface area contributed by atoms with E-state index in [2.05, 4.69) is 5.43 Å². The van der Waals surface area contributed by atoms with Crippen LogP contribution in [0.15, 0.2) is 33.6 Å². The first-order valence-corrected chi connectivity index (χ1v) is 6.78. The lowest BCUT2D eigenvalue weighted by Gasteiger charge is -2.01. The van der Waals surface area contributed by atoms with Crippen molar-refractivity contribution in [2.75, 3.05) is 5.73 Å². The standard InChI is InChI=1S/C13H14FN3O2S/c1-7-10(13(18)17-16)4-8(19-7)6-20-9-2-3-12(15)11(14)5-9/h2-5H,6,15-16H2,1H3,(H,17,18). The Bertz CT molecular complexity index is 643. The van der Waals surface area contributed by atoms with Gasteiger partial charge in [-0.25, -0.2) is 10.2 Å². The average molecular weight is 295 g/mol. The number of furan rings is 1. The molecule has 0 atom stereocenters. The van der Waals surface area contributed by atoms with Gasteiger partial charge in [-0.15, -0.1) is 11.8 Å². The normalized spacial score (nSPS) is 10.6. The van der Waals surface area contributed by atoms with Crippen LogP contribution in [0.4, 0.5) is 10.1 Å². The molecule has 0 aliphatic heterocycles. The van der Waals surface area contributed by atoms with Gasteiger partial charge in [-0.1, -0.05) is 0 Å². The minimum Gasteiger partial charge on any atom is -0.465 e. The molecule has 0 saturated carbocycles. The van der Waals surface area contributed by atoms with Gasteiger partial charge in [0, 0.05) is 4.90 Å². The van der Waals surface area contributed by atoms with Gasteiger partial charge in [0.15, 0.2) is 0 Å². The molecule has 106 valence electrons. The predicted octanol–water partition coefficient (Wildman–Crippen LogP) is 2.21. The van der Waals surface area contributed by atoms with Crippen LogP contribution in [-0.2, 0) is 5.75 Å². The summed E-state index contributed by atoms with van der Waals surface area (Å²) in [7, 11) is 0. The fourth-order valence-corrected chi connectivity index (χ4v) is 2.47. The number of anilines is 1. The zero-order valence-corrected chi connectivity index (χ0v) is 11.6. The molecule has 5 nitrogen and oxygen atoms in total. The third-order valence-electron chi connectivity index (χ3n) is 2.70. The van der Waals surface area contributed by atoms with Gasteiger partial charge in [-0.05, 0) is 31.2 Å². The summed E-state index contributed by atoms with van der Waals surface area (Å²) in [6, 6.07) is 6.23. The van der Waals surface area contributed by atoms with Gasteiger partial charge in [0.05, 0.1) is 17.0 Å². The molecule has 1 aromatic carbocycles. The van der Waals surface area contributed by atoms with Crippen LogP contribution in [0.2, 0.25) is 0 Å². The van der Waals surface area contributed by atoms with E-state index in [1.54, 1.807) is 19.1 Å². The number of nitrogen functional groups attached to an aromatic ring is 2. The lowest BCUT2D eigenvalue weighted by atomic mass is 10.2. The first-order valence-electron chi connectivity index (χ1n) is 5.79. The molecule has 0 aliphatic carbocycles. The molecule has 0 fully saturated rings. The van der Waals surface area contributed by atoms with Crippen molar-refractivity contribution in [2.45, 2.75) is 17.6 Å². The average Bonchev–Trinajstić information content (AvgIpc) is 2.80. The summed E-state index contributed by atoms with van der Waals surface area (Å²) in [5, 5.41) is 0. The molecular weight excluding hydrogens is 281 g/mol. The van der Waals surface area contributed by atoms with Crippen LogP contribution >= 0.6 is 11.8 Å². The summed E-state index contributed by atoms with van der Waals surface area (Å²) in [4.78, 5) is 12.2. The monoisotopic (exact) mass is 295 g/mol. The minimum atomic E-state index is -0.450. The zero-order valence-electron chi connectivity index (χ0n) is 10.8. The van der Waals surface area contributed by atoms with Gasteiger partial charge in [0.1, 0.15) is 17.3 Å². The number of nitrogens with one attached hydrogen (secondary N) is 1. The molecular formula is C13H14FN3O2S. The van der Waals surface area contributed by atoms with Gasteiger partial charge in [-0.2, -0.15) is 0 Å². The van der Waals surface area contributed by atoms with Crippen molar-refractivity contribution >= 4 is 23.4 Å². The van der Waals surface area contributed by atoms with Crippen LogP contribution in [-0.4, -0.2) is 5.91 Å². The van der Waals surface area contributed by atoms with Crippen molar-refractivity contribution < 1.29 is 13.6 Å². The Morgan fingerprint density at radius 1 is 1.45 bits per heavy atom. The second-order valence-electron chi connectivity index (χ2n) is 4.13. The summed E-state index contributed by atoms with van der Waals surface area (Å²) in [6.07, 6.45) is 0. The minimum absolute atomic E-state index is 0.116. The maximum Gasteiger partial charge on any atom is 0.268 e. The number of carbonyl (C=O) groups excluding carboxylic acids is 1. The van der Waals surface area contributed by atoms with Crippen molar-refractivity contribution in [2.24, 2.45) is 5.84 Å². The molecule has 0 aliphatic rings. The Morgan fingerprint density at radius 3 is 2.85 bits per heavy atom. The van der Waals surface area contributed by atoms with Crippen molar-refractivity contribution in [3.8, 4) is 0 Å². The molecule has 20 heavy (non-hydrogen) atoms.